The van der Waals surface area contributed by atoms with Crippen LogP contribution in [0.5, 0.6) is 0 Å². The van der Waals surface area contributed by atoms with Crippen molar-refractivity contribution in [2.24, 2.45) is 5.73 Å². The van der Waals surface area contributed by atoms with Crippen LogP contribution in [0.25, 0.3) is 0 Å². The van der Waals surface area contributed by atoms with E-state index in [1.165, 1.54) is 0 Å². The first-order valence-corrected chi connectivity index (χ1v) is 5.34. The summed E-state index contributed by atoms with van der Waals surface area (Å²) in [6, 6.07) is 0.156. The second kappa shape index (κ2) is 6.76. The SMILES string of the molecule is COCCOCCC(=O)N1CCC(N)C1. The Labute approximate surface area is 90.5 Å². The number of likely N-dealkylation sites (tertiary alicyclic amines) is 1. The van der Waals surface area contributed by atoms with E-state index in [9.17, 15) is 4.79 Å². The topological polar surface area (TPSA) is 64.8 Å². The monoisotopic (exact) mass is 216 g/mol. The molecule has 1 atom stereocenters. The molecule has 0 saturated carbocycles. The van der Waals surface area contributed by atoms with Crippen molar-refractivity contribution in [3.05, 3.63) is 0 Å². The van der Waals surface area contributed by atoms with Crippen molar-refractivity contribution in [1.82, 2.24) is 4.90 Å². The van der Waals surface area contributed by atoms with Gasteiger partial charge in [-0.25, -0.2) is 0 Å². The summed E-state index contributed by atoms with van der Waals surface area (Å²) in [4.78, 5) is 13.4. The van der Waals surface area contributed by atoms with Crippen molar-refractivity contribution in [3.8, 4) is 0 Å². The lowest BCUT2D eigenvalue weighted by Crippen LogP contribution is -2.32. The van der Waals surface area contributed by atoms with Crippen LogP contribution < -0.4 is 5.73 Å². The number of hydrogen-bond acceptors (Lipinski definition) is 4. The Hall–Kier alpha value is -0.650. The first-order valence-electron chi connectivity index (χ1n) is 5.34. The highest BCUT2D eigenvalue weighted by molar-refractivity contribution is 5.76. The van der Waals surface area contributed by atoms with Crippen molar-refractivity contribution in [3.63, 3.8) is 0 Å². The molecule has 1 rings (SSSR count). The summed E-state index contributed by atoms with van der Waals surface area (Å²) in [6.45, 7) is 3.06. The van der Waals surface area contributed by atoms with Gasteiger partial charge in [0.15, 0.2) is 0 Å². The highest BCUT2D eigenvalue weighted by atomic mass is 16.5. The van der Waals surface area contributed by atoms with E-state index in [1.807, 2.05) is 4.90 Å². The predicted molar refractivity (Wildman–Crippen MR) is 56.5 cm³/mol. The molecule has 88 valence electrons. The molecule has 15 heavy (non-hydrogen) atoms. The number of nitrogens with zero attached hydrogens (tertiary/aromatic N) is 1. The number of amides is 1. The van der Waals surface area contributed by atoms with Gasteiger partial charge in [0.1, 0.15) is 0 Å². The van der Waals surface area contributed by atoms with Crippen LogP contribution in [0, 0.1) is 0 Å². The van der Waals surface area contributed by atoms with E-state index in [0.717, 1.165) is 13.0 Å². The van der Waals surface area contributed by atoms with Crippen molar-refractivity contribution >= 4 is 5.91 Å². The lowest BCUT2D eigenvalue weighted by atomic mass is 10.3. The van der Waals surface area contributed by atoms with Gasteiger partial charge in [-0.2, -0.15) is 0 Å². The molecule has 1 saturated heterocycles. The van der Waals surface area contributed by atoms with Gasteiger partial charge in [0.2, 0.25) is 5.91 Å². The standard InChI is InChI=1S/C10H20N2O3/c1-14-6-7-15-5-3-10(13)12-4-2-9(11)8-12/h9H,2-8,11H2,1H3. The maximum absolute atomic E-state index is 11.6. The zero-order valence-electron chi connectivity index (χ0n) is 9.28. The highest BCUT2D eigenvalue weighted by Gasteiger charge is 2.22. The Morgan fingerprint density at radius 2 is 2.27 bits per heavy atom. The summed E-state index contributed by atoms with van der Waals surface area (Å²) < 4.78 is 10.1. The van der Waals surface area contributed by atoms with E-state index in [2.05, 4.69) is 0 Å². The lowest BCUT2D eigenvalue weighted by Gasteiger charge is -2.15. The number of hydrogen-bond donors (Lipinski definition) is 1. The summed E-state index contributed by atoms with van der Waals surface area (Å²) in [7, 11) is 1.63. The van der Waals surface area contributed by atoms with Crippen LogP contribution in [0.4, 0.5) is 0 Å². The van der Waals surface area contributed by atoms with Gasteiger partial charge >= 0.3 is 0 Å². The Morgan fingerprint density at radius 3 is 2.87 bits per heavy atom. The van der Waals surface area contributed by atoms with E-state index in [0.29, 0.717) is 32.8 Å². The smallest absolute Gasteiger partial charge is 0.224 e. The average Bonchev–Trinajstić information content (AvgIpc) is 2.64. The minimum atomic E-state index is 0.139. The van der Waals surface area contributed by atoms with Gasteiger partial charge < -0.3 is 20.1 Å². The second-order valence-corrected chi connectivity index (χ2v) is 3.74. The predicted octanol–water partition coefficient (Wildman–Crippen LogP) is -0.401. The molecule has 5 heteroatoms. The molecule has 0 bridgehead atoms. The molecule has 0 aromatic heterocycles. The third-order valence-corrected chi connectivity index (χ3v) is 2.47. The number of carbonyl (C=O) groups excluding carboxylic acids is 1. The van der Waals surface area contributed by atoms with Crippen LogP contribution >= 0.6 is 0 Å². The van der Waals surface area contributed by atoms with Crippen LogP contribution in [0.15, 0.2) is 0 Å². The third-order valence-electron chi connectivity index (χ3n) is 2.47. The Bertz CT molecular complexity index is 199. The molecule has 1 unspecified atom stereocenters. The fourth-order valence-electron chi connectivity index (χ4n) is 1.58. The molecular formula is C10H20N2O3. The van der Waals surface area contributed by atoms with E-state index in [-0.39, 0.29) is 11.9 Å². The van der Waals surface area contributed by atoms with Crippen LogP contribution in [0.2, 0.25) is 0 Å². The zero-order valence-corrected chi connectivity index (χ0v) is 9.28. The average molecular weight is 216 g/mol. The molecule has 1 aliphatic heterocycles. The van der Waals surface area contributed by atoms with Crippen LogP contribution in [0.3, 0.4) is 0 Å². The second-order valence-electron chi connectivity index (χ2n) is 3.74. The summed E-state index contributed by atoms with van der Waals surface area (Å²) in [6.07, 6.45) is 1.35. The van der Waals surface area contributed by atoms with Crippen molar-refractivity contribution < 1.29 is 14.3 Å². The van der Waals surface area contributed by atoms with Gasteiger partial charge in [0, 0.05) is 26.2 Å². The number of nitrogens with two attached hydrogens (primary N) is 1. The summed E-state index contributed by atoms with van der Waals surface area (Å²) >= 11 is 0. The van der Waals surface area contributed by atoms with E-state index >= 15 is 0 Å². The van der Waals surface area contributed by atoms with Crippen molar-refractivity contribution in [1.29, 1.82) is 0 Å². The number of carbonyl (C=O) groups is 1. The molecule has 1 heterocycles. The first-order chi connectivity index (χ1) is 7.24. The number of methoxy groups -OCH3 is 1. The van der Waals surface area contributed by atoms with E-state index < -0.39 is 0 Å². The molecule has 0 radical (unpaired) electrons. The molecule has 0 aliphatic carbocycles. The fraction of sp³-hybridized carbons (Fsp3) is 0.900. The molecule has 0 spiro atoms. The van der Waals surface area contributed by atoms with Gasteiger partial charge in [-0.15, -0.1) is 0 Å². The van der Waals surface area contributed by atoms with Gasteiger partial charge in [0.25, 0.3) is 0 Å². The normalized spacial score (nSPS) is 20.9. The molecule has 5 nitrogen and oxygen atoms in total. The largest absolute Gasteiger partial charge is 0.382 e. The Kier molecular flexibility index (Phi) is 5.60. The van der Waals surface area contributed by atoms with Gasteiger partial charge in [-0.1, -0.05) is 0 Å². The molecule has 0 aromatic carbocycles. The maximum atomic E-state index is 11.6. The Morgan fingerprint density at radius 1 is 1.47 bits per heavy atom. The fourth-order valence-corrected chi connectivity index (χ4v) is 1.58. The summed E-state index contributed by atoms with van der Waals surface area (Å²) in [5, 5.41) is 0. The first kappa shape index (κ1) is 12.4. The van der Waals surface area contributed by atoms with Gasteiger partial charge in [0.05, 0.1) is 26.2 Å². The lowest BCUT2D eigenvalue weighted by molar-refractivity contribution is -0.131. The maximum Gasteiger partial charge on any atom is 0.224 e. The molecule has 0 aromatic rings. The molecule has 1 fully saturated rings. The number of ether oxygens (including phenoxy) is 2. The third kappa shape index (κ3) is 4.59. The Balaban J connectivity index is 2.03. The van der Waals surface area contributed by atoms with Crippen molar-refractivity contribution in [2.75, 3.05) is 40.0 Å². The van der Waals surface area contributed by atoms with Gasteiger partial charge in [-0.05, 0) is 6.42 Å². The summed E-state index contributed by atoms with van der Waals surface area (Å²) in [5.74, 6) is 0.139. The van der Waals surface area contributed by atoms with Crippen LogP contribution in [-0.2, 0) is 14.3 Å². The molecular weight excluding hydrogens is 196 g/mol. The quantitative estimate of drug-likeness (QED) is 0.614. The molecule has 1 aliphatic rings. The molecule has 1 amide bonds. The minimum absolute atomic E-state index is 0.139. The highest BCUT2D eigenvalue weighted by Crippen LogP contribution is 2.08. The van der Waals surface area contributed by atoms with E-state index in [4.69, 9.17) is 15.2 Å². The summed E-state index contributed by atoms with van der Waals surface area (Å²) in [5.41, 5.74) is 5.72. The van der Waals surface area contributed by atoms with Gasteiger partial charge in [-0.3, -0.25) is 4.79 Å². The van der Waals surface area contributed by atoms with Crippen LogP contribution in [-0.4, -0.2) is 56.9 Å². The number of rotatable bonds is 6. The zero-order chi connectivity index (χ0) is 11.1. The van der Waals surface area contributed by atoms with Crippen molar-refractivity contribution in [2.45, 2.75) is 18.9 Å². The minimum Gasteiger partial charge on any atom is -0.382 e. The van der Waals surface area contributed by atoms with E-state index in [1.54, 1.807) is 7.11 Å². The van der Waals surface area contributed by atoms with Crippen LogP contribution in [0.1, 0.15) is 12.8 Å². The molecule has 2 N–H and O–H groups in total.